The summed E-state index contributed by atoms with van der Waals surface area (Å²) in [6, 6.07) is 14.4. The Labute approximate surface area is 128 Å². The van der Waals surface area contributed by atoms with Gasteiger partial charge in [0.15, 0.2) is 0 Å². The van der Waals surface area contributed by atoms with Crippen molar-refractivity contribution in [2.75, 3.05) is 5.32 Å². The fraction of sp³-hybridized carbons (Fsp3) is 0.118. The number of nitrogens with one attached hydrogen (secondary N) is 1. The molecule has 1 amide bonds. The number of carbonyl (C=O) groups excluding carboxylic acids is 1. The summed E-state index contributed by atoms with van der Waals surface area (Å²) in [5.74, 6) is 0.163. The highest BCUT2D eigenvalue weighted by molar-refractivity contribution is 7.11. The van der Waals surface area contributed by atoms with Crippen LogP contribution < -0.4 is 10.8 Å². The van der Waals surface area contributed by atoms with Crippen molar-refractivity contribution < 1.29 is 4.79 Å². The maximum Gasteiger partial charge on any atom is 0.225 e. The molecule has 1 aliphatic rings. The molecule has 0 saturated heterocycles. The van der Waals surface area contributed by atoms with Gasteiger partial charge in [0.2, 0.25) is 5.91 Å². The zero-order valence-electron chi connectivity index (χ0n) is 11.3. The molecule has 1 unspecified atom stereocenters. The summed E-state index contributed by atoms with van der Waals surface area (Å²) >= 11 is 1.62. The third kappa shape index (κ3) is 2.07. The number of thiophene rings is 1. The Hall–Kier alpha value is -2.07. The monoisotopic (exact) mass is 289 g/mol. The molecule has 2 radical (unpaired) electrons. The molecule has 2 nitrogen and oxygen atoms in total. The van der Waals surface area contributed by atoms with E-state index in [1.165, 1.54) is 5.56 Å². The zero-order chi connectivity index (χ0) is 14.4. The molecule has 0 aliphatic carbocycles. The molecule has 1 aliphatic heterocycles. The van der Waals surface area contributed by atoms with Crippen LogP contribution in [0.15, 0.2) is 47.8 Å². The topological polar surface area (TPSA) is 29.1 Å². The highest BCUT2D eigenvalue weighted by Gasteiger charge is 2.28. The standard InChI is InChI=1S/C17H12BNOS/c18-11-7-15(21-9-11)14-8-16(20)19-17-12-4-2-1-3-10(12)5-6-13(14)17/h1-7,9,14H,8H2,(H,19,20). The highest BCUT2D eigenvalue weighted by atomic mass is 32.1. The summed E-state index contributed by atoms with van der Waals surface area (Å²) in [5, 5.41) is 7.21. The fourth-order valence-electron chi connectivity index (χ4n) is 3.01. The van der Waals surface area contributed by atoms with Gasteiger partial charge in [0, 0.05) is 22.6 Å². The number of anilines is 1. The Morgan fingerprint density at radius 1 is 1.19 bits per heavy atom. The van der Waals surface area contributed by atoms with Crippen molar-refractivity contribution in [3.8, 4) is 0 Å². The fourth-order valence-corrected chi connectivity index (χ4v) is 3.93. The lowest BCUT2D eigenvalue weighted by atomic mass is 9.86. The summed E-state index contributed by atoms with van der Waals surface area (Å²) in [5.41, 5.74) is 2.89. The second-order valence-corrected chi connectivity index (χ2v) is 6.28. The van der Waals surface area contributed by atoms with Gasteiger partial charge in [-0.25, -0.2) is 0 Å². The van der Waals surface area contributed by atoms with Crippen LogP contribution in [-0.2, 0) is 4.79 Å². The summed E-state index contributed by atoms with van der Waals surface area (Å²) in [7, 11) is 5.84. The second kappa shape index (κ2) is 4.74. The van der Waals surface area contributed by atoms with E-state index in [-0.39, 0.29) is 11.8 Å². The van der Waals surface area contributed by atoms with Crippen molar-refractivity contribution in [1.82, 2.24) is 0 Å². The van der Waals surface area contributed by atoms with Crippen LogP contribution in [0.4, 0.5) is 5.69 Å². The van der Waals surface area contributed by atoms with Gasteiger partial charge in [0.1, 0.15) is 7.85 Å². The van der Waals surface area contributed by atoms with E-state index in [0.29, 0.717) is 6.42 Å². The van der Waals surface area contributed by atoms with Crippen molar-refractivity contribution >= 4 is 47.0 Å². The first-order valence-corrected chi connectivity index (χ1v) is 7.76. The average Bonchev–Trinajstić information content (AvgIpc) is 2.93. The summed E-state index contributed by atoms with van der Waals surface area (Å²) in [6.45, 7) is 0. The van der Waals surface area contributed by atoms with Crippen molar-refractivity contribution in [2.45, 2.75) is 12.3 Å². The number of amides is 1. The molecule has 100 valence electrons. The molecule has 0 fully saturated rings. The number of hydrogen-bond acceptors (Lipinski definition) is 2. The smallest absolute Gasteiger partial charge is 0.225 e. The third-order valence-corrected chi connectivity index (χ3v) is 5.04. The van der Waals surface area contributed by atoms with Crippen LogP contribution in [0.5, 0.6) is 0 Å². The lowest BCUT2D eigenvalue weighted by molar-refractivity contribution is -0.116. The molecule has 4 rings (SSSR count). The number of hydrogen-bond donors (Lipinski definition) is 1. The molecule has 0 spiro atoms. The molecule has 0 saturated carbocycles. The van der Waals surface area contributed by atoms with Gasteiger partial charge >= 0.3 is 0 Å². The molecule has 1 aromatic heterocycles. The van der Waals surface area contributed by atoms with Crippen molar-refractivity contribution in [3.63, 3.8) is 0 Å². The molecular weight excluding hydrogens is 277 g/mol. The first-order valence-electron chi connectivity index (χ1n) is 6.88. The third-order valence-electron chi connectivity index (χ3n) is 3.97. The number of fused-ring (bicyclic) bond motifs is 3. The SMILES string of the molecule is [B]c1csc(C2CC(=O)Nc3c2ccc2ccccc32)c1. The van der Waals surface area contributed by atoms with Crippen LogP contribution >= 0.6 is 11.3 Å². The Morgan fingerprint density at radius 2 is 2.05 bits per heavy atom. The quantitative estimate of drug-likeness (QED) is 0.685. The first kappa shape index (κ1) is 12.7. The van der Waals surface area contributed by atoms with E-state index in [0.717, 1.165) is 26.8 Å². The van der Waals surface area contributed by atoms with E-state index in [9.17, 15) is 4.79 Å². The average molecular weight is 289 g/mol. The summed E-state index contributed by atoms with van der Waals surface area (Å²) in [4.78, 5) is 13.3. The molecular formula is C17H12BNOS. The molecule has 3 aromatic rings. The maximum atomic E-state index is 12.1. The Morgan fingerprint density at radius 3 is 2.86 bits per heavy atom. The zero-order valence-corrected chi connectivity index (χ0v) is 12.1. The minimum atomic E-state index is 0.0656. The number of rotatable bonds is 1. The van der Waals surface area contributed by atoms with Gasteiger partial charge in [-0.05, 0) is 16.3 Å². The van der Waals surface area contributed by atoms with E-state index in [1.807, 2.05) is 23.6 Å². The van der Waals surface area contributed by atoms with Crippen LogP contribution in [-0.4, -0.2) is 13.8 Å². The van der Waals surface area contributed by atoms with E-state index < -0.39 is 0 Å². The van der Waals surface area contributed by atoms with Crippen LogP contribution in [0.25, 0.3) is 10.8 Å². The second-order valence-electron chi connectivity index (χ2n) is 5.34. The van der Waals surface area contributed by atoms with Crippen molar-refractivity contribution in [1.29, 1.82) is 0 Å². The highest BCUT2D eigenvalue weighted by Crippen LogP contribution is 2.41. The van der Waals surface area contributed by atoms with Gasteiger partial charge in [-0.15, -0.1) is 11.3 Å². The van der Waals surface area contributed by atoms with Crippen LogP contribution in [0.2, 0.25) is 0 Å². The van der Waals surface area contributed by atoms with E-state index in [1.54, 1.807) is 11.3 Å². The van der Waals surface area contributed by atoms with Crippen LogP contribution in [0.1, 0.15) is 22.8 Å². The van der Waals surface area contributed by atoms with Gasteiger partial charge in [0.05, 0.1) is 5.69 Å². The lowest BCUT2D eigenvalue weighted by Gasteiger charge is -2.26. The number of carbonyl (C=O) groups is 1. The molecule has 21 heavy (non-hydrogen) atoms. The minimum absolute atomic E-state index is 0.0656. The maximum absolute atomic E-state index is 12.1. The van der Waals surface area contributed by atoms with Crippen molar-refractivity contribution in [2.24, 2.45) is 0 Å². The van der Waals surface area contributed by atoms with Crippen LogP contribution in [0, 0.1) is 0 Å². The van der Waals surface area contributed by atoms with Gasteiger partial charge < -0.3 is 5.32 Å². The van der Waals surface area contributed by atoms with Gasteiger partial charge in [0.25, 0.3) is 0 Å². The molecule has 0 bridgehead atoms. The Kier molecular flexibility index (Phi) is 2.86. The Bertz CT molecular complexity index is 855. The Balaban J connectivity index is 1.95. The predicted octanol–water partition coefficient (Wildman–Crippen LogP) is 3.17. The largest absolute Gasteiger partial charge is 0.325 e. The van der Waals surface area contributed by atoms with Crippen LogP contribution in [0.3, 0.4) is 0 Å². The minimum Gasteiger partial charge on any atom is -0.325 e. The first-order chi connectivity index (χ1) is 10.2. The lowest BCUT2D eigenvalue weighted by Crippen LogP contribution is -2.23. The summed E-state index contributed by atoms with van der Waals surface area (Å²) < 4.78 is 0. The van der Waals surface area contributed by atoms with E-state index >= 15 is 0 Å². The molecule has 2 aromatic carbocycles. The van der Waals surface area contributed by atoms with E-state index in [4.69, 9.17) is 7.85 Å². The normalized spacial score (nSPS) is 17.5. The summed E-state index contributed by atoms with van der Waals surface area (Å²) in [6.07, 6.45) is 0.477. The van der Waals surface area contributed by atoms with Crippen molar-refractivity contribution in [3.05, 3.63) is 58.3 Å². The van der Waals surface area contributed by atoms with Gasteiger partial charge in [-0.3, -0.25) is 4.79 Å². The number of benzene rings is 2. The predicted molar refractivity (Wildman–Crippen MR) is 88.7 cm³/mol. The van der Waals surface area contributed by atoms with Gasteiger partial charge in [-0.1, -0.05) is 47.9 Å². The molecule has 4 heteroatoms. The van der Waals surface area contributed by atoms with Gasteiger partial charge in [-0.2, -0.15) is 0 Å². The van der Waals surface area contributed by atoms with E-state index in [2.05, 4.69) is 29.6 Å². The molecule has 1 N–H and O–H groups in total. The molecule has 2 heterocycles. The molecule has 1 atom stereocenters.